The molecule has 1 aliphatic carbocycles. The Hall–Kier alpha value is -0.570. The summed E-state index contributed by atoms with van der Waals surface area (Å²) in [5.41, 5.74) is 0. The predicted octanol–water partition coefficient (Wildman–Crippen LogP) is -0.339. The lowest BCUT2D eigenvalue weighted by Crippen LogP contribution is -2.22. The molecule has 3 heteroatoms. The molecule has 0 bridgehead atoms. The van der Waals surface area contributed by atoms with Gasteiger partial charge in [0.25, 0.3) is 0 Å². The van der Waals surface area contributed by atoms with Crippen LogP contribution in [0.5, 0.6) is 0 Å². The van der Waals surface area contributed by atoms with E-state index in [1.54, 1.807) is 0 Å². The van der Waals surface area contributed by atoms with E-state index < -0.39 is 0 Å². The number of fused-ring (bicyclic) bond motifs is 1. The minimum atomic E-state index is -0.155. The average Bonchev–Trinajstić information content (AvgIpc) is 2.42. The normalized spacial score (nSPS) is 51.6. The van der Waals surface area contributed by atoms with Gasteiger partial charge in [-0.2, -0.15) is 0 Å². The zero-order chi connectivity index (χ0) is 7.30. The lowest BCUT2D eigenvalue weighted by atomic mass is 10.1. The van der Waals surface area contributed by atoms with E-state index in [-0.39, 0.29) is 24.1 Å². The summed E-state index contributed by atoms with van der Waals surface area (Å²) in [6.45, 7) is 1.89. The summed E-state index contributed by atoms with van der Waals surface area (Å²) < 4.78 is 4.95. The van der Waals surface area contributed by atoms with Crippen molar-refractivity contribution in [2.24, 2.45) is 11.8 Å². The predicted molar refractivity (Wildman–Crippen MR) is 34.6 cm³/mol. The maximum Gasteiger partial charge on any atom is 0.317 e. The van der Waals surface area contributed by atoms with Crippen LogP contribution in [0.3, 0.4) is 0 Å². The van der Waals surface area contributed by atoms with Gasteiger partial charge in [-0.25, -0.2) is 0 Å². The van der Waals surface area contributed by atoms with E-state index in [0.29, 0.717) is 5.92 Å². The third kappa shape index (κ3) is 0.669. The molecule has 10 heavy (non-hydrogen) atoms. The van der Waals surface area contributed by atoms with Gasteiger partial charge >= 0.3 is 5.97 Å². The molecule has 2 rings (SSSR count). The molecule has 0 aromatic rings. The van der Waals surface area contributed by atoms with E-state index >= 15 is 0 Å². The molecular formula is C7H11O3+. The van der Waals surface area contributed by atoms with Crippen molar-refractivity contribution in [2.75, 3.05) is 0 Å². The van der Waals surface area contributed by atoms with E-state index in [2.05, 4.69) is 0 Å². The molecule has 1 saturated heterocycles. The minimum Gasteiger partial charge on any atom is -0.462 e. The first-order chi connectivity index (χ1) is 4.70. The van der Waals surface area contributed by atoms with Gasteiger partial charge in [0.2, 0.25) is 0 Å². The Labute approximate surface area is 59.0 Å². The van der Waals surface area contributed by atoms with Crippen molar-refractivity contribution in [3.05, 3.63) is 0 Å². The Kier molecular flexibility index (Phi) is 1.06. The number of rotatable bonds is 0. The number of carbonyl (C=O) groups excluding carboxylic acids is 1. The van der Waals surface area contributed by atoms with E-state index in [9.17, 15) is 4.79 Å². The summed E-state index contributed by atoms with van der Waals surface area (Å²) in [6, 6.07) is 0. The van der Waals surface area contributed by atoms with Crippen molar-refractivity contribution < 1.29 is 14.6 Å². The molecule has 0 amide bonds. The summed E-state index contributed by atoms with van der Waals surface area (Å²) in [6.07, 6.45) is 0.784. The highest BCUT2D eigenvalue weighted by Gasteiger charge is 2.63. The molecule has 0 aromatic carbocycles. The second kappa shape index (κ2) is 1.72. The Morgan fingerprint density at radius 1 is 1.70 bits per heavy atom. The molecule has 2 aliphatic rings. The van der Waals surface area contributed by atoms with Crippen LogP contribution in [0.1, 0.15) is 13.3 Å². The Balaban J connectivity index is 2.09. The summed E-state index contributed by atoms with van der Waals surface area (Å²) in [4.78, 5) is 10.9. The third-order valence-electron chi connectivity index (χ3n) is 2.36. The van der Waals surface area contributed by atoms with E-state index in [1.165, 1.54) is 0 Å². The van der Waals surface area contributed by atoms with Gasteiger partial charge in [-0.1, -0.05) is 0 Å². The summed E-state index contributed by atoms with van der Waals surface area (Å²) >= 11 is 0. The molecule has 0 spiro atoms. The van der Waals surface area contributed by atoms with E-state index in [4.69, 9.17) is 9.84 Å². The number of hydrogen-bond donors (Lipinski definition) is 0. The smallest absolute Gasteiger partial charge is 0.317 e. The van der Waals surface area contributed by atoms with Gasteiger partial charge in [0.05, 0.1) is 12.0 Å². The number of carbonyl (C=O) groups is 1. The maximum absolute atomic E-state index is 10.9. The van der Waals surface area contributed by atoms with Gasteiger partial charge in [0.1, 0.15) is 5.92 Å². The first-order valence-corrected chi connectivity index (χ1v) is 3.62. The monoisotopic (exact) mass is 143 g/mol. The maximum atomic E-state index is 10.9. The molecule has 2 fully saturated rings. The van der Waals surface area contributed by atoms with Crippen LogP contribution in [-0.2, 0) is 9.53 Å². The van der Waals surface area contributed by atoms with Crippen molar-refractivity contribution >= 4 is 5.97 Å². The van der Waals surface area contributed by atoms with Gasteiger partial charge in [0.15, 0.2) is 6.10 Å². The first-order valence-electron chi connectivity index (χ1n) is 3.62. The van der Waals surface area contributed by atoms with Crippen molar-refractivity contribution in [1.29, 1.82) is 0 Å². The number of esters is 1. The Morgan fingerprint density at radius 2 is 2.40 bits per heavy atom. The molecule has 2 N–H and O–H groups in total. The molecule has 1 heterocycles. The summed E-state index contributed by atoms with van der Waals surface area (Å²) in [5, 5.41) is 7.37. The molecular weight excluding hydrogens is 132 g/mol. The highest BCUT2D eigenvalue weighted by Crippen LogP contribution is 2.46. The highest BCUT2D eigenvalue weighted by atomic mass is 16.5. The zero-order valence-electron chi connectivity index (χ0n) is 5.83. The van der Waals surface area contributed by atoms with Crippen LogP contribution >= 0.6 is 0 Å². The SMILES string of the molecule is CC1CC2C([OH2+])C2C(=O)O1. The van der Waals surface area contributed by atoms with Crippen LogP contribution in [0, 0.1) is 11.8 Å². The molecule has 4 unspecified atom stereocenters. The molecule has 1 saturated carbocycles. The van der Waals surface area contributed by atoms with Crippen LogP contribution in [0.25, 0.3) is 0 Å². The van der Waals surface area contributed by atoms with Crippen LogP contribution in [0.4, 0.5) is 0 Å². The fourth-order valence-corrected chi connectivity index (χ4v) is 1.70. The van der Waals surface area contributed by atoms with Gasteiger partial charge < -0.3 is 9.84 Å². The van der Waals surface area contributed by atoms with E-state index in [0.717, 1.165) is 6.42 Å². The number of cyclic esters (lactones) is 1. The summed E-state index contributed by atoms with van der Waals surface area (Å²) in [7, 11) is 0. The standard InChI is InChI=1S/C7H10O3/c1-3-2-4-5(6(4)8)7(9)10-3/h3-6,8H,2H2,1H3/p+1. The number of hydrogen-bond acceptors (Lipinski definition) is 2. The van der Waals surface area contributed by atoms with Gasteiger partial charge in [-0.3, -0.25) is 4.79 Å². The van der Waals surface area contributed by atoms with Gasteiger partial charge in [-0.05, 0) is 13.3 Å². The fourth-order valence-electron chi connectivity index (χ4n) is 1.70. The fraction of sp³-hybridized carbons (Fsp3) is 0.857. The quantitative estimate of drug-likeness (QED) is 0.344. The largest absolute Gasteiger partial charge is 0.462 e. The lowest BCUT2D eigenvalue weighted by Gasteiger charge is -2.15. The van der Waals surface area contributed by atoms with Gasteiger partial charge in [0, 0.05) is 0 Å². The number of ether oxygens (including phenoxy) is 1. The molecule has 0 aromatic heterocycles. The first kappa shape index (κ1) is 6.16. The van der Waals surface area contributed by atoms with Crippen molar-refractivity contribution in [2.45, 2.75) is 25.6 Å². The van der Waals surface area contributed by atoms with Crippen molar-refractivity contribution in [3.8, 4) is 0 Å². The van der Waals surface area contributed by atoms with Crippen molar-refractivity contribution in [3.63, 3.8) is 0 Å². The van der Waals surface area contributed by atoms with Crippen LogP contribution < -0.4 is 0 Å². The van der Waals surface area contributed by atoms with Gasteiger partial charge in [-0.15, -0.1) is 0 Å². The van der Waals surface area contributed by atoms with E-state index in [1.807, 2.05) is 6.92 Å². The highest BCUT2D eigenvalue weighted by molar-refractivity contribution is 5.78. The Morgan fingerprint density at radius 3 is 3.00 bits per heavy atom. The van der Waals surface area contributed by atoms with Crippen molar-refractivity contribution in [1.82, 2.24) is 0 Å². The van der Waals surface area contributed by atoms with Crippen LogP contribution in [-0.4, -0.2) is 23.3 Å². The Bertz CT molecular complexity index is 178. The van der Waals surface area contributed by atoms with Crippen LogP contribution in [0.2, 0.25) is 0 Å². The summed E-state index contributed by atoms with van der Waals surface area (Å²) in [5.74, 6) is 0.0937. The topological polar surface area (TPSA) is 49.2 Å². The van der Waals surface area contributed by atoms with Crippen LogP contribution in [0.15, 0.2) is 0 Å². The second-order valence-electron chi connectivity index (χ2n) is 3.20. The molecule has 56 valence electrons. The average molecular weight is 143 g/mol. The third-order valence-corrected chi connectivity index (χ3v) is 2.36. The molecule has 1 aliphatic heterocycles. The molecule has 4 atom stereocenters. The molecule has 3 nitrogen and oxygen atoms in total. The second-order valence-corrected chi connectivity index (χ2v) is 3.20. The minimum absolute atomic E-state index is 0.0455. The molecule has 0 radical (unpaired) electrons. The lowest BCUT2D eigenvalue weighted by molar-refractivity contribution is -0.154. The zero-order valence-corrected chi connectivity index (χ0v) is 5.83.